The van der Waals surface area contributed by atoms with Crippen molar-refractivity contribution in [3.8, 4) is 17.2 Å². The summed E-state index contributed by atoms with van der Waals surface area (Å²) >= 11 is 0. The Balaban J connectivity index is 2.44. The molecule has 0 aromatic heterocycles. The highest BCUT2D eigenvalue weighted by molar-refractivity contribution is 6.08. The van der Waals surface area contributed by atoms with Gasteiger partial charge in [-0.05, 0) is 35.9 Å². The van der Waals surface area contributed by atoms with E-state index in [1.165, 1.54) is 6.07 Å². The van der Waals surface area contributed by atoms with E-state index in [9.17, 15) is 20.1 Å². The number of phenolic OH excluding ortho intramolecular Hbond substituents is 3. The molecule has 3 rings (SSSR count). The summed E-state index contributed by atoms with van der Waals surface area (Å²) in [6.07, 6.45) is 1.91. The molecule has 4 nitrogen and oxygen atoms in total. The van der Waals surface area contributed by atoms with Crippen LogP contribution in [0.2, 0.25) is 0 Å². The summed E-state index contributed by atoms with van der Waals surface area (Å²) in [5.74, 6) is -0.557. The minimum absolute atomic E-state index is 0.0681. The van der Waals surface area contributed by atoms with E-state index < -0.39 is 0 Å². The van der Waals surface area contributed by atoms with Gasteiger partial charge in [-0.1, -0.05) is 0 Å². The van der Waals surface area contributed by atoms with Crippen molar-refractivity contribution in [3.05, 3.63) is 29.3 Å². The molecular formula is C14H12O4. The molecular weight excluding hydrogens is 232 g/mol. The number of rotatable bonds is 0. The summed E-state index contributed by atoms with van der Waals surface area (Å²) in [5.41, 5.74) is 1.09. The number of fused-ring (bicyclic) bond motifs is 2. The molecule has 0 radical (unpaired) electrons. The van der Waals surface area contributed by atoms with Crippen LogP contribution in [0.4, 0.5) is 0 Å². The zero-order valence-corrected chi connectivity index (χ0v) is 9.60. The van der Waals surface area contributed by atoms with Crippen molar-refractivity contribution in [2.24, 2.45) is 0 Å². The lowest BCUT2D eigenvalue weighted by molar-refractivity contribution is 0.0970. The summed E-state index contributed by atoms with van der Waals surface area (Å²) < 4.78 is 0. The fourth-order valence-electron chi connectivity index (χ4n) is 2.61. The molecule has 2 aromatic carbocycles. The molecule has 0 amide bonds. The van der Waals surface area contributed by atoms with Gasteiger partial charge in [-0.15, -0.1) is 0 Å². The first-order valence-electron chi connectivity index (χ1n) is 5.81. The number of aromatic hydroxyl groups is 3. The molecule has 0 fully saturated rings. The third-order valence-corrected chi connectivity index (χ3v) is 3.39. The first-order valence-corrected chi connectivity index (χ1v) is 5.81. The normalized spacial score (nSPS) is 14.8. The number of Topliss-reactive ketones (excluding diaryl/α,β-unsaturated/α-hetero) is 1. The van der Waals surface area contributed by atoms with E-state index in [2.05, 4.69) is 0 Å². The molecule has 0 spiro atoms. The van der Waals surface area contributed by atoms with Crippen LogP contribution in [-0.4, -0.2) is 21.1 Å². The van der Waals surface area contributed by atoms with Crippen molar-refractivity contribution >= 4 is 16.6 Å². The van der Waals surface area contributed by atoms with Crippen LogP contribution in [0.1, 0.15) is 28.8 Å². The topological polar surface area (TPSA) is 77.8 Å². The van der Waals surface area contributed by atoms with Crippen LogP contribution in [0.25, 0.3) is 10.8 Å². The van der Waals surface area contributed by atoms with E-state index in [1.54, 1.807) is 6.07 Å². The maximum absolute atomic E-state index is 11.8. The Labute approximate surface area is 103 Å². The molecule has 18 heavy (non-hydrogen) atoms. The van der Waals surface area contributed by atoms with Crippen LogP contribution < -0.4 is 0 Å². The lowest BCUT2D eigenvalue weighted by Gasteiger charge is -2.18. The van der Waals surface area contributed by atoms with Gasteiger partial charge in [0.25, 0.3) is 0 Å². The standard InChI is InChI=1S/C14H12O4/c15-9-5-8-4-7-2-1-3-10(16)12(7)14(18)13(8)11(17)6-9/h4-6,15,17-18H,1-3H2. The van der Waals surface area contributed by atoms with E-state index >= 15 is 0 Å². The molecule has 0 saturated carbocycles. The SMILES string of the molecule is O=C1CCCc2cc3cc(O)cc(O)c3c(O)c21. The predicted molar refractivity (Wildman–Crippen MR) is 66.2 cm³/mol. The molecule has 4 heteroatoms. The summed E-state index contributed by atoms with van der Waals surface area (Å²) in [4.78, 5) is 11.8. The van der Waals surface area contributed by atoms with Gasteiger partial charge in [-0.25, -0.2) is 0 Å². The first kappa shape index (κ1) is 10.9. The maximum atomic E-state index is 11.8. The molecule has 0 heterocycles. The first-order chi connectivity index (χ1) is 8.58. The van der Waals surface area contributed by atoms with E-state index in [1.807, 2.05) is 0 Å². The van der Waals surface area contributed by atoms with Gasteiger partial charge in [0, 0.05) is 12.5 Å². The third-order valence-electron chi connectivity index (χ3n) is 3.39. The lowest BCUT2D eigenvalue weighted by Crippen LogP contribution is -2.11. The van der Waals surface area contributed by atoms with Gasteiger partial charge in [-0.2, -0.15) is 0 Å². The van der Waals surface area contributed by atoms with Crippen molar-refractivity contribution in [1.29, 1.82) is 0 Å². The average Bonchev–Trinajstić information content (AvgIpc) is 2.27. The van der Waals surface area contributed by atoms with E-state index in [0.717, 1.165) is 24.5 Å². The molecule has 3 N–H and O–H groups in total. The second-order valence-electron chi connectivity index (χ2n) is 4.60. The summed E-state index contributed by atoms with van der Waals surface area (Å²) in [7, 11) is 0. The second-order valence-corrected chi connectivity index (χ2v) is 4.60. The number of ketones is 1. The fraction of sp³-hybridized carbons (Fsp3) is 0.214. The zero-order chi connectivity index (χ0) is 12.9. The maximum Gasteiger partial charge on any atom is 0.166 e. The summed E-state index contributed by atoms with van der Waals surface area (Å²) in [5, 5.41) is 30.2. The molecule has 92 valence electrons. The van der Waals surface area contributed by atoms with E-state index in [-0.39, 0.29) is 28.4 Å². The Morgan fingerprint density at radius 3 is 2.56 bits per heavy atom. The monoisotopic (exact) mass is 244 g/mol. The molecule has 0 unspecified atom stereocenters. The van der Waals surface area contributed by atoms with Crippen molar-refractivity contribution in [1.82, 2.24) is 0 Å². The van der Waals surface area contributed by atoms with Crippen molar-refractivity contribution < 1.29 is 20.1 Å². The fourth-order valence-corrected chi connectivity index (χ4v) is 2.61. The highest BCUT2D eigenvalue weighted by Gasteiger charge is 2.24. The molecule has 0 aliphatic heterocycles. The highest BCUT2D eigenvalue weighted by atomic mass is 16.3. The number of phenols is 3. The Hall–Kier alpha value is -2.23. The van der Waals surface area contributed by atoms with Crippen LogP contribution in [0, 0.1) is 0 Å². The Morgan fingerprint density at radius 2 is 1.78 bits per heavy atom. The van der Waals surface area contributed by atoms with Crippen LogP contribution in [0.15, 0.2) is 18.2 Å². The number of carbonyl (C=O) groups excluding carboxylic acids is 1. The van der Waals surface area contributed by atoms with Crippen LogP contribution in [0.3, 0.4) is 0 Å². The largest absolute Gasteiger partial charge is 0.508 e. The van der Waals surface area contributed by atoms with Crippen LogP contribution in [-0.2, 0) is 6.42 Å². The number of aryl methyl sites for hydroxylation is 1. The van der Waals surface area contributed by atoms with Crippen LogP contribution >= 0.6 is 0 Å². The minimum atomic E-state index is -0.219. The zero-order valence-electron chi connectivity index (χ0n) is 9.60. The van der Waals surface area contributed by atoms with E-state index in [0.29, 0.717) is 17.4 Å². The Kier molecular flexibility index (Phi) is 2.20. The minimum Gasteiger partial charge on any atom is -0.508 e. The predicted octanol–water partition coefficient (Wildman–Crippen LogP) is 2.48. The average molecular weight is 244 g/mol. The van der Waals surface area contributed by atoms with Crippen molar-refractivity contribution in [2.75, 3.05) is 0 Å². The van der Waals surface area contributed by atoms with Crippen molar-refractivity contribution in [3.63, 3.8) is 0 Å². The van der Waals surface area contributed by atoms with Crippen LogP contribution in [0.5, 0.6) is 17.2 Å². The molecule has 0 atom stereocenters. The second kappa shape index (κ2) is 3.63. The Morgan fingerprint density at radius 1 is 1.00 bits per heavy atom. The molecule has 1 aliphatic carbocycles. The lowest BCUT2D eigenvalue weighted by atomic mass is 9.87. The van der Waals surface area contributed by atoms with Gasteiger partial charge in [-0.3, -0.25) is 4.79 Å². The van der Waals surface area contributed by atoms with Gasteiger partial charge in [0.05, 0.1) is 10.9 Å². The van der Waals surface area contributed by atoms with E-state index in [4.69, 9.17) is 0 Å². The quantitative estimate of drug-likeness (QED) is 0.665. The molecule has 0 bridgehead atoms. The smallest absolute Gasteiger partial charge is 0.166 e. The van der Waals surface area contributed by atoms with Gasteiger partial charge in [0.1, 0.15) is 17.2 Å². The number of hydrogen-bond acceptors (Lipinski definition) is 4. The number of benzene rings is 2. The summed E-state index contributed by atoms with van der Waals surface area (Å²) in [6.45, 7) is 0. The number of hydrogen-bond donors (Lipinski definition) is 3. The Bertz CT molecular complexity index is 673. The molecule has 2 aromatic rings. The van der Waals surface area contributed by atoms with Gasteiger partial charge < -0.3 is 15.3 Å². The van der Waals surface area contributed by atoms with Gasteiger partial charge in [0.2, 0.25) is 0 Å². The molecule has 1 aliphatic rings. The van der Waals surface area contributed by atoms with Gasteiger partial charge in [0.15, 0.2) is 5.78 Å². The molecule has 0 saturated heterocycles. The highest BCUT2D eigenvalue weighted by Crippen LogP contribution is 2.41. The van der Waals surface area contributed by atoms with Crippen molar-refractivity contribution in [2.45, 2.75) is 19.3 Å². The number of carbonyl (C=O) groups is 1. The third kappa shape index (κ3) is 1.42. The van der Waals surface area contributed by atoms with Gasteiger partial charge >= 0.3 is 0 Å². The summed E-state index contributed by atoms with van der Waals surface area (Å²) in [6, 6.07) is 4.37.